The largest absolute Gasteiger partial charge is 0.456 e. The van der Waals surface area contributed by atoms with E-state index >= 15 is 0 Å². The molecule has 0 spiro atoms. The molecule has 0 aliphatic heterocycles. The summed E-state index contributed by atoms with van der Waals surface area (Å²) in [6.45, 7) is 8.56. The number of hydrogen-bond donors (Lipinski definition) is 1. The minimum absolute atomic E-state index is 0.0892. The van der Waals surface area contributed by atoms with Crippen LogP contribution in [0.25, 0.3) is 0 Å². The number of nitrogens with one attached hydrogen (secondary N) is 1. The highest BCUT2D eigenvalue weighted by molar-refractivity contribution is 6.30. The van der Waals surface area contributed by atoms with E-state index in [1.165, 1.54) is 24.5 Å². The first-order valence-corrected chi connectivity index (χ1v) is 7.65. The third kappa shape index (κ3) is 5.26. The molecule has 0 aliphatic carbocycles. The lowest BCUT2D eigenvalue weighted by atomic mass is 10.2. The quantitative estimate of drug-likeness (QED) is 0.477. The van der Waals surface area contributed by atoms with Crippen molar-refractivity contribution in [3.8, 4) is 17.6 Å². The Labute approximate surface area is 155 Å². The van der Waals surface area contributed by atoms with Gasteiger partial charge in [0, 0.05) is 35.7 Å². The monoisotopic (exact) mass is 367 g/mol. The van der Waals surface area contributed by atoms with Crippen LogP contribution in [0.4, 0.5) is 0 Å². The van der Waals surface area contributed by atoms with Gasteiger partial charge in [0.25, 0.3) is 5.91 Å². The second kappa shape index (κ2) is 8.55. The summed E-state index contributed by atoms with van der Waals surface area (Å²) in [4.78, 5) is 24.1. The van der Waals surface area contributed by atoms with Gasteiger partial charge in [0.1, 0.15) is 23.0 Å². The lowest BCUT2D eigenvalue weighted by molar-refractivity contribution is 0.0960. The molecule has 2 heterocycles. The molecule has 0 bridgehead atoms. The first-order valence-electron chi connectivity index (χ1n) is 7.27. The van der Waals surface area contributed by atoms with Crippen molar-refractivity contribution in [1.82, 2.24) is 15.3 Å². The van der Waals surface area contributed by atoms with Crippen molar-refractivity contribution in [3.05, 3.63) is 71.1 Å². The molecule has 0 saturated carbocycles. The molecule has 0 fully saturated rings. The summed E-state index contributed by atoms with van der Waals surface area (Å²) < 4.78 is 5.67. The topological polar surface area (TPSA) is 100 Å². The predicted octanol–water partition coefficient (Wildman–Crippen LogP) is 3.58. The highest BCUT2D eigenvalue weighted by atomic mass is 35.5. The number of amides is 1. The van der Waals surface area contributed by atoms with Crippen LogP contribution in [0.1, 0.15) is 16.2 Å². The summed E-state index contributed by atoms with van der Waals surface area (Å²) in [7, 11) is 0. The number of aryl methyl sites for hydroxylation is 1. The van der Waals surface area contributed by atoms with E-state index in [1.54, 1.807) is 19.1 Å². The van der Waals surface area contributed by atoms with Crippen LogP contribution in [-0.4, -0.2) is 22.6 Å². The number of halogens is 1. The Balaban J connectivity index is 2.24. The number of pyridine rings is 2. The highest BCUT2D eigenvalue weighted by Gasteiger charge is 2.12. The smallest absolute Gasteiger partial charge is 0.275 e. The molecular weight excluding hydrogens is 354 g/mol. The molecule has 7 nitrogen and oxygen atoms in total. The number of rotatable bonds is 6. The zero-order valence-corrected chi connectivity index (χ0v) is 14.6. The van der Waals surface area contributed by atoms with Gasteiger partial charge in [-0.25, -0.2) is 9.98 Å². The first kappa shape index (κ1) is 18.8. The minimum Gasteiger partial charge on any atom is -0.456 e. The van der Waals surface area contributed by atoms with Crippen molar-refractivity contribution in [2.45, 2.75) is 6.92 Å². The van der Waals surface area contributed by atoms with Gasteiger partial charge in [0.05, 0.1) is 17.3 Å². The summed E-state index contributed by atoms with van der Waals surface area (Å²) in [6.07, 6.45) is 4.28. The van der Waals surface area contributed by atoms with Crippen LogP contribution in [0, 0.1) is 18.3 Å². The molecule has 1 N–H and O–H groups in total. The maximum Gasteiger partial charge on any atom is 0.275 e. The van der Waals surface area contributed by atoms with Gasteiger partial charge in [-0.3, -0.25) is 9.78 Å². The maximum absolute atomic E-state index is 12.4. The Hall–Kier alpha value is -3.50. The number of carbonyl (C=O) groups excluding carboxylic acids is 1. The summed E-state index contributed by atoms with van der Waals surface area (Å²) in [5.41, 5.74) is 0.802. The van der Waals surface area contributed by atoms with Gasteiger partial charge >= 0.3 is 0 Å². The standard InChI is InChI=1S/C18H14ClN5O2/c1-11(8-20)4-17(21-3)24-18(25)16-7-14(5-12(2)23-16)26-15-6-13(19)9-22-10-15/h4-7,9-10H,1,3H2,2H3,(H,24,25)/b17-4+. The van der Waals surface area contributed by atoms with Gasteiger partial charge in [0.2, 0.25) is 0 Å². The number of nitrogens with zero attached hydrogens (tertiary/aromatic N) is 4. The van der Waals surface area contributed by atoms with E-state index in [-0.39, 0.29) is 17.1 Å². The zero-order valence-electron chi connectivity index (χ0n) is 13.9. The number of aliphatic imine (C=N–C) groups is 1. The summed E-state index contributed by atoms with van der Waals surface area (Å²) in [5, 5.41) is 11.7. The van der Waals surface area contributed by atoms with Crippen molar-refractivity contribution in [1.29, 1.82) is 5.26 Å². The molecule has 2 rings (SSSR count). The van der Waals surface area contributed by atoms with Crippen LogP contribution < -0.4 is 10.1 Å². The van der Waals surface area contributed by atoms with Crippen LogP contribution in [-0.2, 0) is 0 Å². The fraction of sp³-hybridized carbons (Fsp3) is 0.0556. The van der Waals surface area contributed by atoms with E-state index in [0.717, 1.165) is 0 Å². The summed E-state index contributed by atoms with van der Waals surface area (Å²) >= 11 is 5.88. The molecule has 0 unspecified atom stereocenters. The summed E-state index contributed by atoms with van der Waals surface area (Å²) in [5.74, 6) is 0.372. The Morgan fingerprint density at radius 1 is 1.38 bits per heavy atom. The number of hydrogen-bond acceptors (Lipinski definition) is 6. The van der Waals surface area contributed by atoms with E-state index in [4.69, 9.17) is 21.6 Å². The lowest BCUT2D eigenvalue weighted by Crippen LogP contribution is -2.23. The molecule has 2 aromatic rings. The van der Waals surface area contributed by atoms with Crippen LogP contribution in [0.3, 0.4) is 0 Å². The van der Waals surface area contributed by atoms with Crippen LogP contribution in [0.15, 0.2) is 59.6 Å². The average Bonchev–Trinajstić information content (AvgIpc) is 2.60. The number of allylic oxidation sites excluding steroid dienone is 2. The average molecular weight is 368 g/mol. The van der Waals surface area contributed by atoms with Gasteiger partial charge in [-0.1, -0.05) is 18.2 Å². The maximum atomic E-state index is 12.4. The van der Waals surface area contributed by atoms with Gasteiger partial charge in [-0.2, -0.15) is 5.26 Å². The number of aromatic nitrogens is 2. The second-order valence-electron chi connectivity index (χ2n) is 5.05. The van der Waals surface area contributed by atoms with Gasteiger partial charge in [0.15, 0.2) is 0 Å². The Kier molecular flexibility index (Phi) is 6.20. The first-order chi connectivity index (χ1) is 12.4. The Morgan fingerprint density at radius 3 is 2.81 bits per heavy atom. The van der Waals surface area contributed by atoms with Gasteiger partial charge in [-0.15, -0.1) is 0 Å². The van der Waals surface area contributed by atoms with E-state index in [1.807, 2.05) is 6.07 Å². The Morgan fingerprint density at radius 2 is 2.15 bits per heavy atom. The number of carbonyl (C=O) groups is 1. The van der Waals surface area contributed by atoms with Crippen LogP contribution in [0.5, 0.6) is 11.5 Å². The molecule has 26 heavy (non-hydrogen) atoms. The molecule has 0 atom stereocenters. The van der Waals surface area contributed by atoms with Crippen molar-refractivity contribution in [2.24, 2.45) is 4.99 Å². The van der Waals surface area contributed by atoms with Crippen molar-refractivity contribution in [2.75, 3.05) is 0 Å². The minimum atomic E-state index is -0.535. The van der Waals surface area contributed by atoms with Crippen LogP contribution in [0.2, 0.25) is 5.02 Å². The van der Waals surface area contributed by atoms with Gasteiger partial charge < -0.3 is 10.1 Å². The fourth-order valence-corrected chi connectivity index (χ4v) is 2.06. The number of nitriles is 1. The predicted molar refractivity (Wildman–Crippen MR) is 98.1 cm³/mol. The van der Waals surface area contributed by atoms with Crippen LogP contribution >= 0.6 is 11.6 Å². The highest BCUT2D eigenvalue weighted by Crippen LogP contribution is 2.24. The molecule has 130 valence electrons. The van der Waals surface area contributed by atoms with Crippen molar-refractivity contribution < 1.29 is 9.53 Å². The molecule has 0 aliphatic rings. The SMILES string of the molecule is C=N/C(=C\C(=C)C#N)NC(=O)c1cc(Oc2cncc(Cl)c2)cc(C)n1. The molecular formula is C18H14ClN5O2. The second-order valence-corrected chi connectivity index (χ2v) is 5.49. The molecule has 8 heteroatoms. The molecule has 0 aromatic carbocycles. The van der Waals surface area contributed by atoms with E-state index in [9.17, 15) is 4.79 Å². The van der Waals surface area contributed by atoms with E-state index < -0.39 is 5.91 Å². The third-order valence-electron chi connectivity index (χ3n) is 2.94. The van der Waals surface area contributed by atoms with Gasteiger partial charge in [-0.05, 0) is 19.7 Å². The third-order valence-corrected chi connectivity index (χ3v) is 3.15. The molecule has 2 aromatic heterocycles. The normalized spacial score (nSPS) is 10.6. The van der Waals surface area contributed by atoms with E-state index in [2.05, 4.69) is 33.6 Å². The molecule has 0 radical (unpaired) electrons. The fourth-order valence-electron chi connectivity index (χ4n) is 1.90. The van der Waals surface area contributed by atoms with Crippen molar-refractivity contribution >= 4 is 24.2 Å². The van der Waals surface area contributed by atoms with Crippen molar-refractivity contribution in [3.63, 3.8) is 0 Å². The molecule has 0 saturated heterocycles. The molecule has 1 amide bonds. The zero-order chi connectivity index (χ0) is 19.1. The number of ether oxygens (including phenoxy) is 1. The van der Waals surface area contributed by atoms with E-state index in [0.29, 0.717) is 22.2 Å². The lowest BCUT2D eigenvalue weighted by Gasteiger charge is -2.09. The Bertz CT molecular complexity index is 947. The summed E-state index contributed by atoms with van der Waals surface area (Å²) in [6, 6.07) is 6.55.